The van der Waals surface area contributed by atoms with Crippen molar-refractivity contribution >= 4 is 17.0 Å². The monoisotopic (exact) mass is 202 g/mol. The number of hydrogen-bond acceptors (Lipinski definition) is 4. The first-order valence-electron chi connectivity index (χ1n) is 5.23. The van der Waals surface area contributed by atoms with Crippen LogP contribution in [0.4, 0.5) is 5.95 Å². The molecule has 0 aliphatic carbocycles. The van der Waals surface area contributed by atoms with Crippen LogP contribution in [0.3, 0.4) is 0 Å². The average Bonchev–Trinajstić information content (AvgIpc) is 2.29. The maximum Gasteiger partial charge on any atom is 0.243 e. The average molecular weight is 202 g/mol. The Kier molecular flexibility index (Phi) is 3.07. The Balaban J connectivity index is 2.16. The Morgan fingerprint density at radius 1 is 1.13 bits per heavy atom. The van der Waals surface area contributed by atoms with E-state index in [4.69, 9.17) is 0 Å². The number of anilines is 1. The summed E-state index contributed by atoms with van der Waals surface area (Å²) in [7, 11) is 0. The minimum atomic E-state index is 0.613. The molecular weight excluding hydrogens is 188 g/mol. The molecule has 0 saturated heterocycles. The van der Waals surface area contributed by atoms with Gasteiger partial charge in [-0.3, -0.25) is 0 Å². The number of fused-ring (bicyclic) bond motifs is 1. The molecule has 0 aliphatic heterocycles. The van der Waals surface area contributed by atoms with Crippen LogP contribution in [0.25, 0.3) is 11.0 Å². The minimum Gasteiger partial charge on any atom is -0.353 e. The number of rotatable bonds is 4. The molecule has 2 rings (SSSR count). The van der Waals surface area contributed by atoms with Crippen molar-refractivity contribution in [1.82, 2.24) is 15.2 Å². The zero-order chi connectivity index (χ0) is 10.5. The summed E-state index contributed by atoms with van der Waals surface area (Å²) in [4.78, 5) is 4.36. The van der Waals surface area contributed by atoms with E-state index in [0.29, 0.717) is 5.95 Å². The topological polar surface area (TPSA) is 50.7 Å². The lowest BCUT2D eigenvalue weighted by atomic mass is 10.3. The van der Waals surface area contributed by atoms with E-state index in [2.05, 4.69) is 27.4 Å². The SMILES string of the molecule is CCCCNc1nnc2ccccc2n1. The zero-order valence-electron chi connectivity index (χ0n) is 8.77. The molecule has 2 aromatic rings. The van der Waals surface area contributed by atoms with E-state index >= 15 is 0 Å². The highest BCUT2D eigenvalue weighted by Crippen LogP contribution is 2.08. The van der Waals surface area contributed by atoms with Gasteiger partial charge in [-0.05, 0) is 18.6 Å². The van der Waals surface area contributed by atoms with Gasteiger partial charge in [0.1, 0.15) is 5.52 Å². The van der Waals surface area contributed by atoms with Crippen LogP contribution in [-0.4, -0.2) is 21.7 Å². The number of para-hydroxylation sites is 1. The van der Waals surface area contributed by atoms with Gasteiger partial charge in [0.05, 0.1) is 5.52 Å². The molecule has 1 N–H and O–H groups in total. The molecule has 4 heteroatoms. The standard InChI is InChI=1S/C11H14N4/c1-2-3-8-12-11-13-9-6-4-5-7-10(9)14-15-11/h4-7H,2-3,8H2,1H3,(H,12,13,15). The van der Waals surface area contributed by atoms with Crippen molar-refractivity contribution in [3.63, 3.8) is 0 Å². The predicted molar refractivity (Wildman–Crippen MR) is 60.7 cm³/mol. The molecule has 0 spiro atoms. The fourth-order valence-electron chi connectivity index (χ4n) is 1.33. The summed E-state index contributed by atoms with van der Waals surface area (Å²) in [6, 6.07) is 7.73. The molecular formula is C11H14N4. The first kappa shape index (κ1) is 9.83. The molecule has 15 heavy (non-hydrogen) atoms. The van der Waals surface area contributed by atoms with Crippen molar-refractivity contribution in [3.8, 4) is 0 Å². The lowest BCUT2D eigenvalue weighted by Gasteiger charge is -2.02. The second kappa shape index (κ2) is 4.68. The van der Waals surface area contributed by atoms with Gasteiger partial charge >= 0.3 is 0 Å². The van der Waals surface area contributed by atoms with Crippen LogP contribution in [0.5, 0.6) is 0 Å². The van der Waals surface area contributed by atoms with E-state index in [-0.39, 0.29) is 0 Å². The van der Waals surface area contributed by atoms with Crippen molar-refractivity contribution in [3.05, 3.63) is 24.3 Å². The van der Waals surface area contributed by atoms with Gasteiger partial charge in [0.25, 0.3) is 0 Å². The van der Waals surface area contributed by atoms with Crippen molar-refractivity contribution in [2.24, 2.45) is 0 Å². The summed E-state index contributed by atoms with van der Waals surface area (Å²) in [5, 5.41) is 11.2. The molecule has 0 fully saturated rings. The first-order chi connectivity index (χ1) is 7.40. The molecule has 0 amide bonds. The lowest BCUT2D eigenvalue weighted by Crippen LogP contribution is -2.06. The number of unbranched alkanes of at least 4 members (excludes halogenated alkanes) is 1. The van der Waals surface area contributed by atoms with Gasteiger partial charge in [0, 0.05) is 6.54 Å². The minimum absolute atomic E-state index is 0.613. The van der Waals surface area contributed by atoms with E-state index in [1.807, 2.05) is 24.3 Å². The highest BCUT2D eigenvalue weighted by molar-refractivity contribution is 5.73. The molecule has 4 nitrogen and oxygen atoms in total. The molecule has 0 aliphatic rings. The van der Waals surface area contributed by atoms with Gasteiger partial charge in [0.15, 0.2) is 0 Å². The van der Waals surface area contributed by atoms with Crippen LogP contribution >= 0.6 is 0 Å². The Bertz CT molecular complexity index is 441. The molecule has 1 aromatic heterocycles. The van der Waals surface area contributed by atoms with Gasteiger partial charge in [-0.1, -0.05) is 25.5 Å². The maximum absolute atomic E-state index is 4.36. The molecule has 0 atom stereocenters. The molecule has 78 valence electrons. The summed E-state index contributed by atoms with van der Waals surface area (Å²) in [5.41, 5.74) is 1.71. The summed E-state index contributed by atoms with van der Waals surface area (Å²) >= 11 is 0. The number of benzene rings is 1. The number of nitrogens with zero attached hydrogens (tertiary/aromatic N) is 3. The first-order valence-corrected chi connectivity index (χ1v) is 5.23. The van der Waals surface area contributed by atoms with E-state index in [1.165, 1.54) is 0 Å². The van der Waals surface area contributed by atoms with Crippen LogP contribution in [-0.2, 0) is 0 Å². The van der Waals surface area contributed by atoms with Gasteiger partial charge in [0.2, 0.25) is 5.95 Å². The predicted octanol–water partition coefficient (Wildman–Crippen LogP) is 2.24. The van der Waals surface area contributed by atoms with Gasteiger partial charge in [-0.2, -0.15) is 0 Å². The van der Waals surface area contributed by atoms with Gasteiger partial charge < -0.3 is 5.32 Å². The summed E-state index contributed by atoms with van der Waals surface area (Å²) in [6.07, 6.45) is 2.28. The van der Waals surface area contributed by atoms with Gasteiger partial charge in [-0.25, -0.2) is 4.98 Å². The Labute approximate surface area is 88.8 Å². The Morgan fingerprint density at radius 3 is 2.73 bits per heavy atom. The van der Waals surface area contributed by atoms with Crippen LogP contribution in [0.15, 0.2) is 24.3 Å². The van der Waals surface area contributed by atoms with Crippen molar-refractivity contribution in [2.45, 2.75) is 19.8 Å². The summed E-state index contributed by atoms with van der Waals surface area (Å²) in [5.74, 6) is 0.613. The second-order valence-electron chi connectivity index (χ2n) is 3.40. The van der Waals surface area contributed by atoms with E-state index in [9.17, 15) is 0 Å². The van der Waals surface area contributed by atoms with E-state index < -0.39 is 0 Å². The van der Waals surface area contributed by atoms with Crippen LogP contribution in [0.1, 0.15) is 19.8 Å². The lowest BCUT2D eigenvalue weighted by molar-refractivity contribution is 0.822. The summed E-state index contributed by atoms with van der Waals surface area (Å²) < 4.78 is 0. The third kappa shape index (κ3) is 2.40. The molecule has 0 bridgehead atoms. The van der Waals surface area contributed by atoms with Crippen LogP contribution in [0.2, 0.25) is 0 Å². The molecule has 1 heterocycles. The maximum atomic E-state index is 4.36. The second-order valence-corrected chi connectivity index (χ2v) is 3.40. The molecule has 0 unspecified atom stereocenters. The van der Waals surface area contributed by atoms with Crippen LogP contribution in [0, 0.1) is 0 Å². The molecule has 0 radical (unpaired) electrons. The third-order valence-corrected chi connectivity index (χ3v) is 2.17. The van der Waals surface area contributed by atoms with Gasteiger partial charge in [-0.15, -0.1) is 10.2 Å². The van der Waals surface area contributed by atoms with E-state index in [1.54, 1.807) is 0 Å². The highest BCUT2D eigenvalue weighted by Gasteiger charge is 1.98. The van der Waals surface area contributed by atoms with E-state index in [0.717, 1.165) is 30.4 Å². The highest BCUT2D eigenvalue weighted by atomic mass is 15.2. The third-order valence-electron chi connectivity index (χ3n) is 2.17. The molecule has 1 aromatic carbocycles. The summed E-state index contributed by atoms with van der Waals surface area (Å²) in [6.45, 7) is 3.05. The smallest absolute Gasteiger partial charge is 0.243 e. The Hall–Kier alpha value is -1.71. The number of aromatic nitrogens is 3. The molecule has 0 saturated carbocycles. The quantitative estimate of drug-likeness (QED) is 0.772. The van der Waals surface area contributed by atoms with Crippen molar-refractivity contribution < 1.29 is 0 Å². The zero-order valence-corrected chi connectivity index (χ0v) is 8.77. The fraction of sp³-hybridized carbons (Fsp3) is 0.364. The fourth-order valence-corrected chi connectivity index (χ4v) is 1.33. The number of nitrogens with one attached hydrogen (secondary N) is 1. The normalized spacial score (nSPS) is 10.5. The number of hydrogen-bond donors (Lipinski definition) is 1. The van der Waals surface area contributed by atoms with Crippen LogP contribution < -0.4 is 5.32 Å². The Morgan fingerprint density at radius 2 is 1.93 bits per heavy atom. The largest absolute Gasteiger partial charge is 0.353 e. The van der Waals surface area contributed by atoms with Crippen molar-refractivity contribution in [2.75, 3.05) is 11.9 Å². The van der Waals surface area contributed by atoms with Crippen molar-refractivity contribution in [1.29, 1.82) is 0 Å².